The maximum absolute atomic E-state index is 13.3. The fourth-order valence-corrected chi connectivity index (χ4v) is 5.67. The van der Waals surface area contributed by atoms with Crippen LogP contribution in [-0.4, -0.2) is 62.2 Å². The number of thiol groups is 1. The number of alkyl carbamates (subject to hydrolysis) is 1. The topological polar surface area (TPSA) is 130 Å². The van der Waals surface area contributed by atoms with Crippen molar-refractivity contribution < 1.29 is 22.7 Å². The molecule has 39 heavy (non-hydrogen) atoms. The summed E-state index contributed by atoms with van der Waals surface area (Å²) in [4.78, 5) is 38.0. The van der Waals surface area contributed by atoms with Gasteiger partial charge in [-0.15, -0.1) is 11.3 Å². The molecule has 2 aromatic rings. The van der Waals surface area contributed by atoms with Crippen LogP contribution >= 0.6 is 11.3 Å². The number of carbonyl (C=O) groups excluding carboxylic acids is 2. The van der Waals surface area contributed by atoms with Gasteiger partial charge in [-0.05, 0) is 69.5 Å². The number of allylic oxidation sites excluding steroid dienone is 1. The molecule has 12 heteroatoms. The molecule has 1 fully saturated rings. The predicted octanol–water partition coefficient (Wildman–Crippen LogP) is 4.30. The summed E-state index contributed by atoms with van der Waals surface area (Å²) in [5.74, 6) is 0.321. The van der Waals surface area contributed by atoms with Crippen LogP contribution in [0, 0.1) is 0 Å². The van der Waals surface area contributed by atoms with E-state index in [1.165, 1.54) is 23.5 Å². The number of fused-ring (bicyclic) bond motifs is 1. The highest BCUT2D eigenvalue weighted by atomic mass is 32.2. The molecule has 0 spiro atoms. The zero-order chi connectivity index (χ0) is 28.0. The van der Waals surface area contributed by atoms with Crippen LogP contribution in [0.3, 0.4) is 0 Å². The molecule has 0 atom stereocenters. The van der Waals surface area contributed by atoms with E-state index in [0.29, 0.717) is 55.4 Å². The second kappa shape index (κ2) is 12.6. The zero-order valence-electron chi connectivity index (χ0n) is 22.2. The number of nitrogens with one attached hydrogen (secondary N) is 2. The van der Waals surface area contributed by atoms with Crippen LogP contribution in [-0.2, 0) is 22.0 Å². The lowest BCUT2D eigenvalue weighted by molar-refractivity contribution is 0.0474. The first-order chi connectivity index (χ1) is 18.6. The number of thiophene rings is 1. The fraction of sp³-hybridized carbons (Fsp3) is 0.407. The van der Waals surface area contributed by atoms with Gasteiger partial charge in [0.25, 0.3) is 5.91 Å². The Kier molecular flexibility index (Phi) is 9.18. The predicted molar refractivity (Wildman–Crippen MR) is 155 cm³/mol. The standard InChI is InChI=1S/C27H33N5O5S2/c1-27(2,3)37-26(34)31-19-10-13-32(14-11-19)24(33)23-15-18-17-29-25(28-12-5-4-9-22(18)38-23)30-20-7-6-8-21(16-20)39(35)36/h4,6-9,12,15-16,19,39H,5,10-11,13-14,17H2,1-3H3,(H,29,30)(H,31,34)/b9-4-,28-12-. The van der Waals surface area contributed by atoms with Crippen LogP contribution in [0.15, 0.2) is 51.3 Å². The summed E-state index contributed by atoms with van der Waals surface area (Å²) in [6.45, 7) is 6.88. The minimum Gasteiger partial charge on any atom is -0.444 e. The SMILES string of the molecule is CC(C)(C)OC(=O)NC1CCN(C(=O)c2cc3c(s2)/C=C\C/C=N\C(Nc2cccc([SH](=O)=O)c2)=N/C3)CC1. The minimum atomic E-state index is -2.69. The first-order valence-electron chi connectivity index (χ1n) is 12.7. The van der Waals surface area contributed by atoms with E-state index in [2.05, 4.69) is 20.6 Å². The largest absolute Gasteiger partial charge is 0.444 e. The lowest BCUT2D eigenvalue weighted by Gasteiger charge is -2.32. The van der Waals surface area contributed by atoms with Crippen LogP contribution in [0.2, 0.25) is 0 Å². The van der Waals surface area contributed by atoms with Gasteiger partial charge in [0, 0.05) is 42.3 Å². The van der Waals surface area contributed by atoms with Gasteiger partial charge in [0.1, 0.15) is 5.60 Å². The van der Waals surface area contributed by atoms with Gasteiger partial charge in [0.05, 0.1) is 16.3 Å². The number of likely N-dealkylation sites (tertiary alicyclic amines) is 1. The Bertz CT molecular complexity index is 1370. The molecular weight excluding hydrogens is 538 g/mol. The number of rotatable bonds is 4. The van der Waals surface area contributed by atoms with E-state index in [4.69, 9.17) is 4.74 Å². The molecule has 208 valence electrons. The van der Waals surface area contributed by atoms with Crippen molar-refractivity contribution in [2.24, 2.45) is 9.98 Å². The summed E-state index contributed by atoms with van der Waals surface area (Å²) >= 11 is 1.43. The molecule has 1 aromatic carbocycles. The summed E-state index contributed by atoms with van der Waals surface area (Å²) in [5, 5.41) is 5.99. The number of hydrogen-bond donors (Lipinski definition) is 3. The molecule has 0 bridgehead atoms. The normalized spacial score (nSPS) is 19.4. The van der Waals surface area contributed by atoms with Crippen LogP contribution in [0.25, 0.3) is 6.08 Å². The second-order valence-electron chi connectivity index (χ2n) is 10.2. The number of nitrogens with zero attached hydrogens (tertiary/aromatic N) is 3. The fourth-order valence-electron chi connectivity index (χ4n) is 4.14. The minimum absolute atomic E-state index is 0.0295. The zero-order valence-corrected chi connectivity index (χ0v) is 23.9. The van der Waals surface area contributed by atoms with E-state index in [1.54, 1.807) is 18.3 Å². The average Bonchev–Trinajstić information content (AvgIpc) is 3.29. The number of aliphatic imine (C=N–C) groups is 2. The molecule has 3 heterocycles. The maximum Gasteiger partial charge on any atom is 0.407 e. The molecular formula is C27H33N5O5S2. The van der Waals surface area contributed by atoms with Gasteiger partial charge >= 0.3 is 6.09 Å². The number of piperidine rings is 1. The first kappa shape index (κ1) is 28.5. The van der Waals surface area contributed by atoms with Crippen molar-refractivity contribution in [1.29, 1.82) is 0 Å². The smallest absolute Gasteiger partial charge is 0.407 e. The number of hydrogen-bond acceptors (Lipinski definition) is 9. The Morgan fingerprint density at radius 2 is 1.92 bits per heavy atom. The van der Waals surface area contributed by atoms with Crippen molar-refractivity contribution >= 4 is 58.0 Å². The highest BCUT2D eigenvalue weighted by molar-refractivity contribution is 7.72. The highest BCUT2D eigenvalue weighted by Gasteiger charge is 2.27. The Balaban J connectivity index is 1.41. The van der Waals surface area contributed by atoms with Crippen molar-refractivity contribution in [3.63, 3.8) is 0 Å². The number of anilines is 1. The summed E-state index contributed by atoms with van der Waals surface area (Å²) in [6.07, 6.45) is 7.15. The van der Waals surface area contributed by atoms with E-state index in [-0.39, 0.29) is 16.8 Å². The third-order valence-corrected chi connectivity index (χ3v) is 7.82. The van der Waals surface area contributed by atoms with Gasteiger partial charge in [0.15, 0.2) is 10.7 Å². The van der Waals surface area contributed by atoms with Crippen molar-refractivity contribution in [2.45, 2.75) is 63.1 Å². The van der Waals surface area contributed by atoms with Crippen LogP contribution in [0.4, 0.5) is 10.5 Å². The van der Waals surface area contributed by atoms with Crippen molar-refractivity contribution in [1.82, 2.24) is 10.2 Å². The number of benzene rings is 1. The van der Waals surface area contributed by atoms with Gasteiger partial charge in [-0.3, -0.25) is 4.79 Å². The third-order valence-electron chi connectivity index (χ3n) is 5.99. The van der Waals surface area contributed by atoms with E-state index in [1.807, 2.05) is 43.9 Å². The number of carbonyl (C=O) groups is 2. The molecule has 0 aliphatic carbocycles. The van der Waals surface area contributed by atoms with Crippen LogP contribution < -0.4 is 10.6 Å². The van der Waals surface area contributed by atoms with Crippen LogP contribution in [0.5, 0.6) is 0 Å². The third kappa shape index (κ3) is 8.24. The van der Waals surface area contributed by atoms with Gasteiger partial charge < -0.3 is 20.3 Å². The lowest BCUT2D eigenvalue weighted by atomic mass is 10.0. The molecule has 2 N–H and O–H groups in total. The second-order valence-corrected chi connectivity index (χ2v) is 12.3. The van der Waals surface area contributed by atoms with E-state index < -0.39 is 22.4 Å². The Hall–Kier alpha value is -3.51. The van der Waals surface area contributed by atoms with E-state index >= 15 is 0 Å². The van der Waals surface area contributed by atoms with E-state index in [0.717, 1.165) is 10.4 Å². The van der Waals surface area contributed by atoms with Crippen molar-refractivity contribution in [3.8, 4) is 0 Å². The summed E-state index contributed by atoms with van der Waals surface area (Å²) in [7, 11) is -2.69. The van der Waals surface area contributed by atoms with Crippen LogP contribution in [0.1, 0.15) is 60.1 Å². The molecule has 0 radical (unpaired) electrons. The average molecular weight is 572 g/mol. The van der Waals surface area contributed by atoms with Gasteiger partial charge in [-0.25, -0.2) is 23.2 Å². The molecule has 0 saturated carbocycles. The summed E-state index contributed by atoms with van der Waals surface area (Å²) in [5.41, 5.74) is 0.927. The van der Waals surface area contributed by atoms with Gasteiger partial charge in [0.2, 0.25) is 5.96 Å². The Labute approximate surface area is 233 Å². The highest BCUT2D eigenvalue weighted by Crippen LogP contribution is 2.28. The van der Waals surface area contributed by atoms with Gasteiger partial charge in [-0.1, -0.05) is 12.1 Å². The quantitative estimate of drug-likeness (QED) is 0.469. The van der Waals surface area contributed by atoms with Crippen molar-refractivity contribution in [2.75, 3.05) is 18.4 Å². The number of guanidine groups is 1. The van der Waals surface area contributed by atoms with Crippen molar-refractivity contribution in [3.05, 3.63) is 51.7 Å². The lowest BCUT2D eigenvalue weighted by Crippen LogP contribution is -2.47. The summed E-state index contributed by atoms with van der Waals surface area (Å²) in [6, 6.07) is 8.31. The number of ether oxygens (including phenoxy) is 1. The molecule has 2 aliphatic rings. The molecule has 1 aromatic heterocycles. The first-order valence-corrected chi connectivity index (χ1v) is 14.7. The molecule has 4 rings (SSSR count). The van der Waals surface area contributed by atoms with Gasteiger partial charge in [-0.2, -0.15) is 0 Å². The maximum atomic E-state index is 13.3. The molecule has 2 aliphatic heterocycles. The molecule has 2 amide bonds. The molecule has 0 unspecified atom stereocenters. The Morgan fingerprint density at radius 1 is 1.15 bits per heavy atom. The number of amides is 2. The summed E-state index contributed by atoms with van der Waals surface area (Å²) < 4.78 is 28.0. The monoisotopic (exact) mass is 571 g/mol. The Morgan fingerprint density at radius 3 is 2.64 bits per heavy atom. The van der Waals surface area contributed by atoms with E-state index in [9.17, 15) is 18.0 Å². The molecule has 10 nitrogen and oxygen atoms in total. The molecule has 1 saturated heterocycles.